The maximum absolute atomic E-state index is 5.23. The lowest BCUT2D eigenvalue weighted by Gasteiger charge is -2.12. The molecule has 294 valence electrons. The lowest BCUT2D eigenvalue weighted by molar-refractivity contribution is 1.05. The monoisotopic (exact) mass is 805 g/mol. The van der Waals surface area contributed by atoms with E-state index < -0.39 is 0 Å². The van der Waals surface area contributed by atoms with Crippen molar-refractivity contribution < 1.29 is 0 Å². The molecule has 7 nitrogen and oxygen atoms in total. The summed E-state index contributed by atoms with van der Waals surface area (Å²) in [6.45, 7) is 0. The van der Waals surface area contributed by atoms with Crippen LogP contribution in [0.1, 0.15) is 0 Å². The summed E-state index contributed by atoms with van der Waals surface area (Å²) in [5, 5.41) is 5.81. The molecule has 13 aromatic rings. The molecule has 0 aliphatic heterocycles. The summed E-state index contributed by atoms with van der Waals surface area (Å²) in [7, 11) is 0. The van der Waals surface area contributed by atoms with E-state index in [9.17, 15) is 0 Å². The van der Waals surface area contributed by atoms with Crippen molar-refractivity contribution in [1.29, 1.82) is 0 Å². The first-order valence-electron chi connectivity index (χ1n) is 21.1. The van der Waals surface area contributed by atoms with E-state index in [4.69, 9.17) is 19.9 Å². The maximum atomic E-state index is 5.23. The number of pyridine rings is 2. The second-order valence-electron chi connectivity index (χ2n) is 16.0. The Morgan fingerprint density at radius 2 is 0.841 bits per heavy atom. The summed E-state index contributed by atoms with van der Waals surface area (Å²) in [6, 6.07) is 68.4. The van der Waals surface area contributed by atoms with Gasteiger partial charge in [0.15, 0.2) is 5.82 Å². The number of nitrogens with zero attached hydrogens (tertiary/aromatic N) is 7. The van der Waals surface area contributed by atoms with Gasteiger partial charge in [-0.1, -0.05) is 127 Å². The Bertz CT molecular complexity index is 3810. The van der Waals surface area contributed by atoms with Crippen LogP contribution in [-0.4, -0.2) is 33.6 Å². The summed E-state index contributed by atoms with van der Waals surface area (Å²) in [6.07, 6.45) is 5.76. The van der Waals surface area contributed by atoms with E-state index in [0.717, 1.165) is 94.5 Å². The first-order chi connectivity index (χ1) is 31.2. The lowest BCUT2D eigenvalue weighted by atomic mass is 10.0. The van der Waals surface area contributed by atoms with Crippen LogP contribution in [0.2, 0.25) is 0 Å². The minimum atomic E-state index is 0.688. The van der Waals surface area contributed by atoms with E-state index in [1.165, 1.54) is 16.2 Å². The predicted molar refractivity (Wildman–Crippen MR) is 257 cm³/mol. The largest absolute Gasteiger partial charge is 0.308 e. The first kappa shape index (κ1) is 35.1. The Morgan fingerprint density at radius 1 is 0.333 bits per heavy atom. The summed E-state index contributed by atoms with van der Waals surface area (Å²) in [5.41, 5.74) is 14.7. The number of hydrogen-bond acceptors (Lipinski definition) is 4. The third-order valence-electron chi connectivity index (χ3n) is 12.4. The molecule has 7 heteroatoms. The molecule has 0 amide bonds. The zero-order valence-electron chi connectivity index (χ0n) is 33.8. The van der Waals surface area contributed by atoms with Gasteiger partial charge in [0, 0.05) is 50.3 Å². The minimum Gasteiger partial charge on any atom is -0.308 e. The number of para-hydroxylation sites is 3. The number of rotatable bonds is 6. The summed E-state index contributed by atoms with van der Waals surface area (Å²) in [4.78, 5) is 19.9. The van der Waals surface area contributed by atoms with Gasteiger partial charge in [0.05, 0.1) is 68.1 Å². The zero-order chi connectivity index (χ0) is 41.4. The van der Waals surface area contributed by atoms with Crippen molar-refractivity contribution in [3.63, 3.8) is 0 Å². The molecule has 0 radical (unpaired) electrons. The van der Waals surface area contributed by atoms with E-state index in [-0.39, 0.29) is 0 Å². The van der Waals surface area contributed by atoms with Crippen molar-refractivity contribution >= 4 is 65.5 Å². The third kappa shape index (κ3) is 5.53. The smallest absolute Gasteiger partial charge is 0.162 e. The molecule has 0 saturated carbocycles. The van der Waals surface area contributed by atoms with Gasteiger partial charge >= 0.3 is 0 Å². The Balaban J connectivity index is 0.959. The topological polar surface area (TPSA) is 66.3 Å². The van der Waals surface area contributed by atoms with E-state index in [2.05, 4.69) is 177 Å². The Hall–Kier alpha value is -8.68. The van der Waals surface area contributed by atoms with Gasteiger partial charge in [-0.05, 0) is 71.8 Å². The highest BCUT2D eigenvalue weighted by Crippen LogP contribution is 2.39. The standard InChI is InChI=1S/C56H35N7/c1-3-14-36(15-4-1)47-33-54(60-56(59-47)37-16-5-2-6-17-37)63-49-22-11-8-19-43(49)46-31-39(26-28-52(46)63)38-25-27-51-45(30-38)42-18-7-10-21-48(42)61(51)40-32-41(35-57-34-40)62-50-23-12-9-20-44(50)55-53(62)24-13-29-58-55/h1-35H. The highest BCUT2D eigenvalue weighted by atomic mass is 15.1. The quantitative estimate of drug-likeness (QED) is 0.168. The fraction of sp³-hybridized carbons (Fsp3) is 0. The van der Waals surface area contributed by atoms with Gasteiger partial charge in [0.1, 0.15) is 5.82 Å². The van der Waals surface area contributed by atoms with Gasteiger partial charge in [-0.2, -0.15) is 0 Å². The molecule has 13 rings (SSSR count). The molecular formula is C56H35N7. The van der Waals surface area contributed by atoms with Crippen molar-refractivity contribution in [1.82, 2.24) is 33.6 Å². The van der Waals surface area contributed by atoms with Crippen LogP contribution in [0.5, 0.6) is 0 Å². The predicted octanol–water partition coefficient (Wildman–Crippen LogP) is 13.6. The second-order valence-corrected chi connectivity index (χ2v) is 16.0. The van der Waals surface area contributed by atoms with Crippen LogP contribution in [0.4, 0.5) is 0 Å². The molecule has 0 aliphatic rings. The van der Waals surface area contributed by atoms with Crippen LogP contribution in [-0.2, 0) is 0 Å². The first-order valence-corrected chi connectivity index (χ1v) is 21.1. The molecule has 6 heterocycles. The molecule has 6 aromatic heterocycles. The molecule has 0 unspecified atom stereocenters. The summed E-state index contributed by atoms with van der Waals surface area (Å²) < 4.78 is 6.88. The normalized spacial score (nSPS) is 11.8. The number of aromatic nitrogens is 7. The third-order valence-corrected chi connectivity index (χ3v) is 12.4. The fourth-order valence-corrected chi connectivity index (χ4v) is 9.57. The van der Waals surface area contributed by atoms with Crippen LogP contribution in [0, 0.1) is 0 Å². The Kier molecular flexibility index (Phi) is 7.77. The van der Waals surface area contributed by atoms with Gasteiger partial charge in [-0.3, -0.25) is 14.5 Å². The van der Waals surface area contributed by atoms with Crippen LogP contribution in [0.3, 0.4) is 0 Å². The molecule has 0 spiro atoms. The van der Waals surface area contributed by atoms with Crippen molar-refractivity contribution in [2.45, 2.75) is 0 Å². The van der Waals surface area contributed by atoms with Crippen LogP contribution >= 0.6 is 0 Å². The van der Waals surface area contributed by atoms with Crippen LogP contribution in [0.25, 0.3) is 117 Å². The molecule has 0 bridgehead atoms. The van der Waals surface area contributed by atoms with Gasteiger partial charge in [0.25, 0.3) is 0 Å². The lowest BCUT2D eigenvalue weighted by Crippen LogP contribution is -2.02. The summed E-state index contributed by atoms with van der Waals surface area (Å²) in [5.74, 6) is 1.51. The van der Waals surface area contributed by atoms with E-state index in [1.807, 2.05) is 48.9 Å². The van der Waals surface area contributed by atoms with Gasteiger partial charge in [-0.15, -0.1) is 0 Å². The molecule has 63 heavy (non-hydrogen) atoms. The molecule has 7 aromatic carbocycles. The minimum absolute atomic E-state index is 0.688. The van der Waals surface area contributed by atoms with E-state index >= 15 is 0 Å². The van der Waals surface area contributed by atoms with Gasteiger partial charge in [-0.25, -0.2) is 9.97 Å². The molecular weight excluding hydrogens is 771 g/mol. The number of hydrogen-bond donors (Lipinski definition) is 0. The van der Waals surface area contributed by atoms with E-state index in [0.29, 0.717) is 5.82 Å². The van der Waals surface area contributed by atoms with Crippen molar-refractivity contribution in [2.75, 3.05) is 0 Å². The SMILES string of the molecule is c1ccc(-c2cc(-n3c4ccccc4c4cc(-c5ccc6c(c5)c5ccccc5n6-c5cncc(-n6c7ccccc7c7ncccc76)c5)ccc43)nc(-c3ccccc3)n2)cc1. The fourth-order valence-electron chi connectivity index (χ4n) is 9.57. The highest BCUT2D eigenvalue weighted by Gasteiger charge is 2.20. The van der Waals surface area contributed by atoms with Crippen molar-refractivity contribution in [3.8, 4) is 51.0 Å². The van der Waals surface area contributed by atoms with Gasteiger partial charge < -0.3 is 9.13 Å². The average molecular weight is 806 g/mol. The van der Waals surface area contributed by atoms with Crippen molar-refractivity contribution in [3.05, 3.63) is 213 Å². The second kappa shape index (κ2) is 13.9. The van der Waals surface area contributed by atoms with Crippen LogP contribution in [0.15, 0.2) is 213 Å². The zero-order valence-corrected chi connectivity index (χ0v) is 33.8. The number of fused-ring (bicyclic) bond motifs is 9. The Morgan fingerprint density at radius 3 is 1.51 bits per heavy atom. The number of benzene rings is 7. The van der Waals surface area contributed by atoms with E-state index in [1.54, 1.807) is 0 Å². The molecule has 0 fully saturated rings. The Labute approximate surface area is 361 Å². The molecule has 0 aliphatic carbocycles. The van der Waals surface area contributed by atoms with Gasteiger partial charge in [0.2, 0.25) is 0 Å². The highest BCUT2D eigenvalue weighted by molar-refractivity contribution is 6.13. The summed E-state index contributed by atoms with van der Waals surface area (Å²) >= 11 is 0. The molecule has 0 saturated heterocycles. The molecule has 0 atom stereocenters. The maximum Gasteiger partial charge on any atom is 0.162 e. The van der Waals surface area contributed by atoms with Crippen molar-refractivity contribution in [2.24, 2.45) is 0 Å². The van der Waals surface area contributed by atoms with Crippen LogP contribution < -0.4 is 0 Å². The average Bonchev–Trinajstić information content (AvgIpc) is 4.00. The molecule has 0 N–H and O–H groups in total.